The quantitative estimate of drug-likeness (QED) is 0.149. The average Bonchev–Trinajstić information content (AvgIpc) is 4.12. The van der Waals surface area contributed by atoms with Gasteiger partial charge in [-0.25, -0.2) is 0 Å². The second-order valence-electron chi connectivity index (χ2n) is 16.7. The van der Waals surface area contributed by atoms with Crippen LogP contribution in [0.25, 0.3) is 111 Å². The van der Waals surface area contributed by atoms with E-state index < -0.39 is 0 Å². The highest BCUT2D eigenvalue weighted by atomic mass is 15.0. The van der Waals surface area contributed by atoms with Gasteiger partial charge in [0.25, 0.3) is 0 Å². The van der Waals surface area contributed by atoms with Gasteiger partial charge in [-0.05, 0) is 136 Å². The van der Waals surface area contributed by atoms with E-state index in [-0.39, 0.29) is 0 Å². The minimum Gasteiger partial charge on any atom is -0.308 e. The van der Waals surface area contributed by atoms with Crippen molar-refractivity contribution in [2.75, 3.05) is 0 Å². The third-order valence-electron chi connectivity index (χ3n) is 13.0. The Labute approximate surface area is 415 Å². The predicted molar refractivity (Wildman–Crippen MR) is 299 cm³/mol. The van der Waals surface area contributed by atoms with Crippen LogP contribution in [0.1, 0.15) is 38.8 Å². The van der Waals surface area contributed by atoms with Gasteiger partial charge in [0.2, 0.25) is 0 Å². The monoisotopic (exact) mass is 918 g/mol. The molecule has 0 saturated carbocycles. The van der Waals surface area contributed by atoms with Crippen LogP contribution in [0.3, 0.4) is 0 Å². The first kappa shape index (κ1) is 45.8. The van der Waals surface area contributed by atoms with Crippen molar-refractivity contribution in [2.24, 2.45) is 0 Å². The highest BCUT2D eigenvalue weighted by Gasteiger charge is 2.26. The molecule has 71 heavy (non-hydrogen) atoms. The first-order valence-corrected chi connectivity index (χ1v) is 24.5. The third kappa shape index (κ3) is 8.19. The molecule has 0 atom stereocenters. The molecule has 1 aliphatic carbocycles. The Morgan fingerprint density at radius 2 is 0.887 bits per heavy atom. The van der Waals surface area contributed by atoms with Crippen molar-refractivity contribution in [2.45, 2.75) is 34.1 Å². The molecule has 0 bridgehead atoms. The molecule has 0 saturated heterocycles. The summed E-state index contributed by atoms with van der Waals surface area (Å²) >= 11 is 0. The standard InChI is InChI=1S/C57H36N6.C4H6.2C2H6/c1-3-14-43(49-17-5-7-28-58-49)40(12-1)36-23-26-52-47(33-36)56-54(20-10-30-60-56)62(52)39-25-22-38-32-46-42(45(38)35-39)16-9-19-51(46)63-53-27-24-37(34-48(53)57-55(63)21-11-31-61-57)41-13-2-4-15-44(41)50-18-6-8-29-59-50;1-3-4-2;2*1-2/h1-31,33-35H,32H2;3-4H,1-2H2;2*1-2H3. The van der Waals surface area contributed by atoms with E-state index in [2.05, 4.69) is 173 Å². The van der Waals surface area contributed by atoms with E-state index in [9.17, 15) is 0 Å². The van der Waals surface area contributed by atoms with E-state index in [1.54, 1.807) is 12.2 Å². The fourth-order valence-corrected chi connectivity index (χ4v) is 10.0. The lowest BCUT2D eigenvalue weighted by Crippen LogP contribution is -1.99. The van der Waals surface area contributed by atoms with Crippen molar-refractivity contribution in [3.8, 4) is 67.3 Å². The van der Waals surface area contributed by atoms with Gasteiger partial charge < -0.3 is 9.13 Å². The van der Waals surface area contributed by atoms with Gasteiger partial charge in [0.05, 0.1) is 50.2 Å². The molecule has 0 N–H and O–H groups in total. The summed E-state index contributed by atoms with van der Waals surface area (Å²) in [7, 11) is 0. The molecule has 13 rings (SSSR count). The number of allylic oxidation sites excluding steroid dienone is 2. The Kier molecular flexibility index (Phi) is 13.1. The molecule has 0 aliphatic heterocycles. The first-order valence-electron chi connectivity index (χ1n) is 24.5. The molecular formula is C65H54N6. The van der Waals surface area contributed by atoms with Crippen LogP contribution in [-0.4, -0.2) is 29.1 Å². The van der Waals surface area contributed by atoms with E-state index >= 15 is 0 Å². The minimum absolute atomic E-state index is 0.839. The number of aromatic nitrogens is 6. The van der Waals surface area contributed by atoms with Gasteiger partial charge in [0, 0.05) is 58.8 Å². The molecular weight excluding hydrogens is 865 g/mol. The number of hydrogen-bond donors (Lipinski definition) is 0. The molecule has 12 aromatic rings. The van der Waals surface area contributed by atoms with Crippen LogP contribution in [0.4, 0.5) is 0 Å². The summed E-state index contributed by atoms with van der Waals surface area (Å²) < 4.78 is 4.79. The zero-order valence-corrected chi connectivity index (χ0v) is 40.6. The summed E-state index contributed by atoms with van der Waals surface area (Å²) in [6, 6.07) is 64.9. The van der Waals surface area contributed by atoms with E-state index in [1.165, 1.54) is 27.9 Å². The van der Waals surface area contributed by atoms with Gasteiger partial charge in [0.1, 0.15) is 0 Å². The van der Waals surface area contributed by atoms with Crippen molar-refractivity contribution < 1.29 is 0 Å². The molecule has 1 aliphatic rings. The van der Waals surface area contributed by atoms with Gasteiger partial charge in [-0.1, -0.05) is 144 Å². The van der Waals surface area contributed by atoms with Gasteiger partial charge in [0.15, 0.2) is 0 Å². The summed E-state index contributed by atoms with van der Waals surface area (Å²) in [5.74, 6) is 0. The molecule has 0 radical (unpaired) electrons. The number of hydrogen-bond acceptors (Lipinski definition) is 4. The SMILES string of the molecule is C=CC=C.CC.CC.c1ccc(-c2ccccc2-c2ccc3c(c2)c2ncccc2n3-c2ccc3c(c2)-c2cccc(-n4c5ccc(-c6ccccc6-c6ccccn6)cc5c5ncccc54)c2C3)nc1. The van der Waals surface area contributed by atoms with Crippen molar-refractivity contribution in [3.63, 3.8) is 0 Å². The summed E-state index contributed by atoms with van der Waals surface area (Å²) in [5, 5.41) is 2.24. The summed E-state index contributed by atoms with van der Waals surface area (Å²) in [4.78, 5) is 19.3. The molecule has 0 fully saturated rings. The number of rotatable bonds is 7. The van der Waals surface area contributed by atoms with Crippen LogP contribution < -0.4 is 0 Å². The maximum absolute atomic E-state index is 4.99. The fraction of sp³-hybridized carbons (Fsp3) is 0.0769. The van der Waals surface area contributed by atoms with Gasteiger partial charge in [-0.15, -0.1) is 0 Å². The molecule has 6 aromatic carbocycles. The Morgan fingerprint density at radius 3 is 1.42 bits per heavy atom. The molecule has 0 unspecified atom stereocenters. The Hall–Kier alpha value is -9.00. The highest BCUT2D eigenvalue weighted by molar-refractivity contribution is 6.10. The van der Waals surface area contributed by atoms with E-state index in [0.717, 1.165) is 101 Å². The van der Waals surface area contributed by atoms with Crippen LogP contribution in [-0.2, 0) is 6.42 Å². The van der Waals surface area contributed by atoms with E-state index in [0.29, 0.717) is 0 Å². The maximum Gasteiger partial charge on any atom is 0.0963 e. The van der Waals surface area contributed by atoms with Gasteiger partial charge >= 0.3 is 0 Å². The van der Waals surface area contributed by atoms with Crippen molar-refractivity contribution in [3.05, 3.63) is 243 Å². The van der Waals surface area contributed by atoms with E-state index in [4.69, 9.17) is 15.0 Å². The molecule has 0 amide bonds. The zero-order chi connectivity index (χ0) is 48.8. The van der Waals surface area contributed by atoms with Crippen LogP contribution in [0.2, 0.25) is 0 Å². The molecule has 344 valence electrons. The molecule has 6 heteroatoms. The lowest BCUT2D eigenvalue weighted by Gasteiger charge is -2.14. The second kappa shape index (κ2) is 20.3. The smallest absolute Gasteiger partial charge is 0.0963 e. The van der Waals surface area contributed by atoms with E-state index in [1.807, 2.05) is 88.9 Å². The highest BCUT2D eigenvalue weighted by Crippen LogP contribution is 2.45. The normalized spacial score (nSPS) is 11.2. The third-order valence-corrected chi connectivity index (χ3v) is 13.0. The Bertz CT molecular complexity index is 3870. The van der Waals surface area contributed by atoms with Gasteiger partial charge in [-0.2, -0.15) is 0 Å². The lowest BCUT2D eigenvalue weighted by atomic mass is 9.96. The first-order chi connectivity index (χ1) is 35.2. The molecule has 0 spiro atoms. The van der Waals surface area contributed by atoms with Gasteiger partial charge in [-0.3, -0.25) is 19.9 Å². The van der Waals surface area contributed by atoms with Crippen LogP contribution in [0.5, 0.6) is 0 Å². The van der Waals surface area contributed by atoms with Crippen molar-refractivity contribution in [1.29, 1.82) is 0 Å². The minimum atomic E-state index is 0.839. The second-order valence-corrected chi connectivity index (χ2v) is 16.7. The maximum atomic E-state index is 4.99. The summed E-state index contributed by atoms with van der Waals surface area (Å²) in [6.45, 7) is 14.7. The largest absolute Gasteiger partial charge is 0.308 e. The molecule has 6 aromatic heterocycles. The number of fused-ring (bicyclic) bond motifs is 9. The fourth-order valence-electron chi connectivity index (χ4n) is 10.0. The van der Waals surface area contributed by atoms with Crippen LogP contribution in [0, 0.1) is 0 Å². The number of benzene rings is 6. The Morgan fingerprint density at radius 1 is 0.394 bits per heavy atom. The predicted octanol–water partition coefficient (Wildman–Crippen LogP) is 17.1. The molecule has 6 heterocycles. The van der Waals surface area contributed by atoms with Crippen molar-refractivity contribution >= 4 is 43.9 Å². The summed E-state index contributed by atoms with van der Waals surface area (Å²) in [6.07, 6.45) is 11.6. The lowest BCUT2D eigenvalue weighted by molar-refractivity contribution is 1.12. The summed E-state index contributed by atoms with van der Waals surface area (Å²) in [5.41, 5.74) is 22.5. The Balaban J connectivity index is 0.000000687. The number of pyridine rings is 4. The average molecular weight is 919 g/mol. The van der Waals surface area contributed by atoms with Crippen molar-refractivity contribution in [1.82, 2.24) is 29.1 Å². The van der Waals surface area contributed by atoms with Crippen LogP contribution >= 0.6 is 0 Å². The number of nitrogens with zero attached hydrogens (tertiary/aromatic N) is 6. The van der Waals surface area contributed by atoms with Crippen LogP contribution in [0.15, 0.2) is 232 Å². The molecule has 6 nitrogen and oxygen atoms in total. The topological polar surface area (TPSA) is 61.4 Å². The zero-order valence-electron chi connectivity index (χ0n) is 40.6.